The fourth-order valence-corrected chi connectivity index (χ4v) is 3.63. The second-order valence-electron chi connectivity index (χ2n) is 6.09. The molecule has 0 aromatic rings. The second-order valence-corrected chi connectivity index (χ2v) is 8.08. The third kappa shape index (κ3) is 5.05. The fourth-order valence-electron chi connectivity index (χ4n) is 2.72. The van der Waals surface area contributed by atoms with E-state index in [9.17, 15) is 13.2 Å². The van der Waals surface area contributed by atoms with Crippen LogP contribution in [0.4, 0.5) is 0 Å². The standard InChI is InChI=1S/C14H28N2O3S/c1-5-13-8-6-7-9-16(13)14(17)11-15(10-12(2)3)20(4,18)19/h12-13H,5-11H2,1-4H3. The minimum absolute atomic E-state index is 0.0203. The average Bonchev–Trinajstić information content (AvgIpc) is 2.36. The van der Waals surface area contributed by atoms with Gasteiger partial charge in [0.15, 0.2) is 0 Å². The molecule has 0 N–H and O–H groups in total. The van der Waals surface area contributed by atoms with Crippen LogP contribution in [0.25, 0.3) is 0 Å². The van der Waals surface area contributed by atoms with Gasteiger partial charge in [-0.15, -0.1) is 0 Å². The Hall–Kier alpha value is -0.620. The van der Waals surface area contributed by atoms with Crippen molar-refractivity contribution in [3.05, 3.63) is 0 Å². The maximum atomic E-state index is 12.4. The highest BCUT2D eigenvalue weighted by Crippen LogP contribution is 2.20. The molecule has 6 heteroatoms. The van der Waals surface area contributed by atoms with Crippen molar-refractivity contribution in [1.29, 1.82) is 0 Å². The molecule has 118 valence electrons. The number of nitrogens with zero attached hydrogens (tertiary/aromatic N) is 2. The van der Waals surface area contributed by atoms with Crippen molar-refractivity contribution in [1.82, 2.24) is 9.21 Å². The number of likely N-dealkylation sites (tertiary alicyclic amines) is 1. The Balaban J connectivity index is 2.74. The number of hydrogen-bond acceptors (Lipinski definition) is 3. The highest BCUT2D eigenvalue weighted by molar-refractivity contribution is 7.88. The van der Waals surface area contributed by atoms with Crippen LogP contribution in [0.2, 0.25) is 0 Å². The van der Waals surface area contributed by atoms with E-state index < -0.39 is 10.0 Å². The summed E-state index contributed by atoms with van der Waals surface area (Å²) in [6.07, 6.45) is 5.33. The number of sulfonamides is 1. The van der Waals surface area contributed by atoms with E-state index in [1.54, 1.807) is 0 Å². The maximum absolute atomic E-state index is 12.4. The third-order valence-electron chi connectivity index (χ3n) is 3.77. The van der Waals surface area contributed by atoms with Crippen molar-refractivity contribution < 1.29 is 13.2 Å². The predicted molar refractivity (Wildman–Crippen MR) is 80.9 cm³/mol. The molecule has 5 nitrogen and oxygen atoms in total. The summed E-state index contributed by atoms with van der Waals surface area (Å²) in [7, 11) is -3.33. The smallest absolute Gasteiger partial charge is 0.238 e. The lowest BCUT2D eigenvalue weighted by Crippen LogP contribution is -2.49. The summed E-state index contributed by atoms with van der Waals surface area (Å²) in [5, 5.41) is 0. The van der Waals surface area contributed by atoms with Crippen molar-refractivity contribution in [2.45, 2.75) is 52.5 Å². The fraction of sp³-hybridized carbons (Fsp3) is 0.929. The van der Waals surface area contributed by atoms with E-state index in [4.69, 9.17) is 0 Å². The Morgan fingerprint density at radius 3 is 2.50 bits per heavy atom. The maximum Gasteiger partial charge on any atom is 0.238 e. The van der Waals surface area contributed by atoms with Crippen LogP contribution in [0.5, 0.6) is 0 Å². The molecule has 1 aliphatic heterocycles. The highest BCUT2D eigenvalue weighted by Gasteiger charge is 2.29. The van der Waals surface area contributed by atoms with Crippen LogP contribution in [0.1, 0.15) is 46.5 Å². The van der Waals surface area contributed by atoms with E-state index in [-0.39, 0.29) is 24.4 Å². The van der Waals surface area contributed by atoms with E-state index >= 15 is 0 Å². The zero-order valence-corrected chi connectivity index (χ0v) is 13.9. The van der Waals surface area contributed by atoms with Crippen LogP contribution in [0, 0.1) is 5.92 Å². The van der Waals surface area contributed by atoms with E-state index in [2.05, 4.69) is 6.92 Å². The first-order chi connectivity index (χ1) is 9.25. The minimum atomic E-state index is -3.33. The second kappa shape index (κ2) is 7.41. The largest absolute Gasteiger partial charge is 0.339 e. The van der Waals surface area contributed by atoms with E-state index in [0.29, 0.717) is 6.54 Å². The summed E-state index contributed by atoms with van der Waals surface area (Å²) in [6, 6.07) is 0.275. The minimum Gasteiger partial charge on any atom is -0.339 e. The number of hydrogen-bond donors (Lipinski definition) is 0. The van der Waals surface area contributed by atoms with Gasteiger partial charge in [0.05, 0.1) is 12.8 Å². The van der Waals surface area contributed by atoms with Gasteiger partial charge < -0.3 is 4.90 Å². The Morgan fingerprint density at radius 1 is 1.35 bits per heavy atom. The number of amides is 1. The van der Waals surface area contributed by atoms with Gasteiger partial charge in [-0.25, -0.2) is 8.42 Å². The van der Waals surface area contributed by atoms with Crippen LogP contribution in [0.3, 0.4) is 0 Å². The van der Waals surface area contributed by atoms with Crippen LogP contribution in [0.15, 0.2) is 0 Å². The average molecular weight is 304 g/mol. The first kappa shape index (κ1) is 17.4. The lowest BCUT2D eigenvalue weighted by molar-refractivity contribution is -0.135. The van der Waals surface area contributed by atoms with E-state index in [1.165, 1.54) is 10.6 Å². The van der Waals surface area contributed by atoms with Gasteiger partial charge in [0.25, 0.3) is 0 Å². The summed E-state index contributed by atoms with van der Waals surface area (Å²) < 4.78 is 24.9. The molecule has 1 rings (SSSR count). The van der Waals surface area contributed by atoms with Crippen LogP contribution in [-0.4, -0.2) is 55.5 Å². The first-order valence-electron chi connectivity index (χ1n) is 7.50. The zero-order chi connectivity index (χ0) is 15.3. The molecule has 20 heavy (non-hydrogen) atoms. The Bertz CT molecular complexity index is 420. The molecule has 0 bridgehead atoms. The molecule has 1 amide bonds. The third-order valence-corrected chi connectivity index (χ3v) is 4.98. The van der Waals surface area contributed by atoms with Crippen LogP contribution < -0.4 is 0 Å². The Labute approximate surface area is 123 Å². The summed E-state index contributed by atoms with van der Waals surface area (Å²) in [5.41, 5.74) is 0. The van der Waals surface area contributed by atoms with E-state index in [0.717, 1.165) is 32.2 Å². The molecule has 1 heterocycles. The first-order valence-corrected chi connectivity index (χ1v) is 9.35. The topological polar surface area (TPSA) is 57.7 Å². The predicted octanol–water partition coefficient (Wildman–Crippen LogP) is 1.70. The summed E-state index contributed by atoms with van der Waals surface area (Å²) in [4.78, 5) is 14.3. The number of piperidine rings is 1. The van der Waals surface area contributed by atoms with Gasteiger partial charge in [-0.1, -0.05) is 20.8 Å². The van der Waals surface area contributed by atoms with Crippen molar-refractivity contribution >= 4 is 15.9 Å². The highest BCUT2D eigenvalue weighted by atomic mass is 32.2. The van der Waals surface area contributed by atoms with Gasteiger partial charge in [0, 0.05) is 19.1 Å². The normalized spacial score (nSPS) is 20.7. The molecule has 1 saturated heterocycles. The molecule has 1 aliphatic rings. The number of carbonyl (C=O) groups excluding carboxylic acids is 1. The molecular formula is C14H28N2O3S. The molecule has 1 fully saturated rings. The van der Waals surface area contributed by atoms with Gasteiger partial charge in [-0.2, -0.15) is 4.31 Å². The van der Waals surface area contributed by atoms with E-state index in [1.807, 2.05) is 18.7 Å². The zero-order valence-electron chi connectivity index (χ0n) is 13.1. The molecule has 0 aliphatic carbocycles. The lowest BCUT2D eigenvalue weighted by atomic mass is 10.00. The molecule has 0 saturated carbocycles. The van der Waals surface area contributed by atoms with Crippen molar-refractivity contribution in [2.75, 3.05) is 25.9 Å². The van der Waals surface area contributed by atoms with Crippen molar-refractivity contribution in [2.24, 2.45) is 5.92 Å². The molecule has 0 aromatic heterocycles. The Kier molecular flexibility index (Phi) is 6.45. The summed E-state index contributed by atoms with van der Waals surface area (Å²) in [5.74, 6) is 0.156. The quantitative estimate of drug-likeness (QED) is 0.750. The molecule has 0 radical (unpaired) electrons. The lowest BCUT2D eigenvalue weighted by Gasteiger charge is -2.36. The number of rotatable bonds is 6. The molecule has 1 unspecified atom stereocenters. The van der Waals surface area contributed by atoms with Crippen molar-refractivity contribution in [3.63, 3.8) is 0 Å². The summed E-state index contributed by atoms with van der Waals surface area (Å²) in [6.45, 7) is 7.13. The Morgan fingerprint density at radius 2 is 2.00 bits per heavy atom. The SMILES string of the molecule is CCC1CCCCN1C(=O)CN(CC(C)C)S(C)(=O)=O. The molecular weight excluding hydrogens is 276 g/mol. The number of carbonyl (C=O) groups is 1. The van der Waals surface area contributed by atoms with Crippen molar-refractivity contribution in [3.8, 4) is 0 Å². The van der Waals surface area contributed by atoms with Crippen LogP contribution in [-0.2, 0) is 14.8 Å². The van der Waals surface area contributed by atoms with Gasteiger partial charge in [-0.3, -0.25) is 4.79 Å². The monoisotopic (exact) mass is 304 g/mol. The molecule has 0 spiro atoms. The van der Waals surface area contributed by atoms with Gasteiger partial charge in [0.2, 0.25) is 15.9 Å². The van der Waals surface area contributed by atoms with Crippen LogP contribution >= 0.6 is 0 Å². The molecule has 1 atom stereocenters. The summed E-state index contributed by atoms with van der Waals surface area (Å²) >= 11 is 0. The van der Waals surface area contributed by atoms with Gasteiger partial charge >= 0.3 is 0 Å². The van der Waals surface area contributed by atoms with Gasteiger partial charge in [0.1, 0.15) is 0 Å². The van der Waals surface area contributed by atoms with Gasteiger partial charge in [-0.05, 0) is 31.6 Å². The molecule has 0 aromatic carbocycles.